The van der Waals surface area contributed by atoms with E-state index in [1.54, 1.807) is 0 Å². The SMILES string of the molecule is CC1CC(Nc2ccccc2S(=O)(=O)C(F)(F)F)CCN1. The largest absolute Gasteiger partial charge is 0.501 e. The molecule has 0 bridgehead atoms. The van der Waals surface area contributed by atoms with E-state index >= 15 is 0 Å². The van der Waals surface area contributed by atoms with Crippen molar-refractivity contribution in [1.29, 1.82) is 0 Å². The van der Waals surface area contributed by atoms with E-state index in [2.05, 4.69) is 10.6 Å². The van der Waals surface area contributed by atoms with Gasteiger partial charge in [-0.2, -0.15) is 13.2 Å². The van der Waals surface area contributed by atoms with Gasteiger partial charge < -0.3 is 10.6 Å². The lowest BCUT2D eigenvalue weighted by Gasteiger charge is -2.30. The first-order valence-corrected chi connectivity index (χ1v) is 8.10. The Morgan fingerprint density at radius 3 is 2.57 bits per heavy atom. The van der Waals surface area contributed by atoms with Crippen LogP contribution in [0.5, 0.6) is 0 Å². The predicted octanol–water partition coefficient (Wildman–Crippen LogP) is 2.53. The van der Waals surface area contributed by atoms with Gasteiger partial charge in [-0.05, 0) is 38.4 Å². The standard InChI is InChI=1S/C13H17F3N2O2S/c1-9-8-10(6-7-17-9)18-11-4-2-3-5-12(11)21(19,20)13(14,15)16/h2-5,9-10,17-18H,6-8H2,1H3. The highest BCUT2D eigenvalue weighted by molar-refractivity contribution is 7.92. The van der Waals surface area contributed by atoms with Gasteiger partial charge in [0, 0.05) is 12.1 Å². The highest BCUT2D eigenvalue weighted by Crippen LogP contribution is 2.34. The fourth-order valence-corrected chi connectivity index (χ4v) is 3.35. The van der Waals surface area contributed by atoms with Crippen LogP contribution in [0.2, 0.25) is 0 Å². The Bertz CT molecular complexity index is 602. The smallest absolute Gasteiger partial charge is 0.381 e. The molecule has 118 valence electrons. The third-order valence-corrected chi connectivity index (χ3v) is 5.01. The summed E-state index contributed by atoms with van der Waals surface area (Å²) in [6, 6.07) is 5.34. The van der Waals surface area contributed by atoms with E-state index in [1.807, 2.05) is 6.92 Å². The number of rotatable bonds is 3. The molecule has 0 saturated carbocycles. The summed E-state index contributed by atoms with van der Waals surface area (Å²) >= 11 is 0. The van der Waals surface area contributed by atoms with E-state index in [0.717, 1.165) is 25.5 Å². The van der Waals surface area contributed by atoms with Gasteiger partial charge >= 0.3 is 5.51 Å². The van der Waals surface area contributed by atoms with Crippen molar-refractivity contribution in [1.82, 2.24) is 5.32 Å². The third-order valence-electron chi connectivity index (χ3n) is 3.46. The van der Waals surface area contributed by atoms with E-state index in [9.17, 15) is 21.6 Å². The molecular formula is C13H17F3N2O2S. The first-order valence-electron chi connectivity index (χ1n) is 6.62. The van der Waals surface area contributed by atoms with Gasteiger partial charge in [-0.25, -0.2) is 8.42 Å². The molecule has 21 heavy (non-hydrogen) atoms. The van der Waals surface area contributed by atoms with Gasteiger partial charge in [0.2, 0.25) is 0 Å². The minimum absolute atomic E-state index is 0.00826. The van der Waals surface area contributed by atoms with Crippen LogP contribution < -0.4 is 10.6 Å². The summed E-state index contributed by atoms with van der Waals surface area (Å²) in [6.07, 6.45) is 1.45. The molecular weight excluding hydrogens is 305 g/mol. The number of anilines is 1. The average molecular weight is 322 g/mol. The van der Waals surface area contributed by atoms with Gasteiger partial charge in [-0.3, -0.25) is 0 Å². The first kappa shape index (κ1) is 16.1. The van der Waals surface area contributed by atoms with Gasteiger partial charge in [0.25, 0.3) is 9.84 Å². The van der Waals surface area contributed by atoms with Crippen molar-refractivity contribution < 1.29 is 21.6 Å². The van der Waals surface area contributed by atoms with Gasteiger partial charge in [0.15, 0.2) is 0 Å². The molecule has 1 aliphatic heterocycles. The Hall–Kier alpha value is -1.28. The number of alkyl halides is 3. The Morgan fingerprint density at radius 2 is 1.95 bits per heavy atom. The molecule has 0 aliphatic carbocycles. The fourth-order valence-electron chi connectivity index (χ4n) is 2.43. The minimum atomic E-state index is -5.35. The summed E-state index contributed by atoms with van der Waals surface area (Å²) in [5.41, 5.74) is -5.29. The van der Waals surface area contributed by atoms with Gasteiger partial charge in [-0.1, -0.05) is 12.1 Å². The molecule has 1 aromatic carbocycles. The molecule has 1 aromatic rings. The summed E-state index contributed by atoms with van der Waals surface area (Å²) in [7, 11) is -5.35. The van der Waals surface area contributed by atoms with Gasteiger partial charge in [0.1, 0.15) is 0 Å². The molecule has 1 fully saturated rings. The Labute approximate surface area is 121 Å². The number of hydrogen-bond acceptors (Lipinski definition) is 4. The highest BCUT2D eigenvalue weighted by Gasteiger charge is 2.48. The van der Waals surface area contributed by atoms with Crippen LogP contribution in [-0.4, -0.2) is 32.6 Å². The maximum atomic E-state index is 12.7. The first-order chi connectivity index (χ1) is 9.72. The number of hydrogen-bond donors (Lipinski definition) is 2. The van der Waals surface area contributed by atoms with E-state index in [1.165, 1.54) is 18.2 Å². The summed E-state index contributed by atoms with van der Waals surface area (Å²) in [5.74, 6) is 0. The molecule has 1 heterocycles. The zero-order chi connectivity index (χ0) is 15.7. The van der Waals surface area contributed by atoms with Crippen LogP contribution in [0, 0.1) is 0 Å². The molecule has 0 aromatic heterocycles. The molecule has 1 saturated heterocycles. The Balaban J connectivity index is 2.30. The quantitative estimate of drug-likeness (QED) is 0.898. The molecule has 2 N–H and O–H groups in total. The van der Waals surface area contributed by atoms with Crippen molar-refractivity contribution in [3.8, 4) is 0 Å². The minimum Gasteiger partial charge on any atom is -0.381 e. The molecule has 0 radical (unpaired) electrons. The third kappa shape index (κ3) is 3.49. The van der Waals surface area contributed by atoms with Crippen LogP contribution in [-0.2, 0) is 9.84 Å². The molecule has 4 nitrogen and oxygen atoms in total. The lowest BCUT2D eigenvalue weighted by Crippen LogP contribution is -2.41. The topological polar surface area (TPSA) is 58.2 Å². The maximum absolute atomic E-state index is 12.7. The zero-order valence-electron chi connectivity index (χ0n) is 11.4. The highest BCUT2D eigenvalue weighted by atomic mass is 32.2. The van der Waals surface area contributed by atoms with Crippen molar-refractivity contribution in [3.63, 3.8) is 0 Å². The van der Waals surface area contributed by atoms with Crippen molar-refractivity contribution >= 4 is 15.5 Å². The monoisotopic (exact) mass is 322 g/mol. The van der Waals surface area contributed by atoms with E-state index in [4.69, 9.17) is 0 Å². The van der Waals surface area contributed by atoms with Gasteiger partial charge in [-0.15, -0.1) is 0 Å². The van der Waals surface area contributed by atoms with Crippen molar-refractivity contribution in [2.45, 2.75) is 42.3 Å². The van der Waals surface area contributed by atoms with Crippen LogP contribution in [0.4, 0.5) is 18.9 Å². The second kappa shape index (κ2) is 5.84. The second-order valence-corrected chi connectivity index (χ2v) is 7.08. The Kier molecular flexibility index (Phi) is 4.48. The van der Waals surface area contributed by atoms with Crippen molar-refractivity contribution in [2.75, 3.05) is 11.9 Å². The summed E-state index contributed by atoms with van der Waals surface area (Å²) in [5, 5.41) is 6.17. The van der Waals surface area contributed by atoms with Crippen LogP contribution >= 0.6 is 0 Å². The van der Waals surface area contributed by atoms with E-state index < -0.39 is 20.2 Å². The van der Waals surface area contributed by atoms with Crippen LogP contribution in [0.1, 0.15) is 19.8 Å². The maximum Gasteiger partial charge on any atom is 0.501 e. The lowest BCUT2D eigenvalue weighted by molar-refractivity contribution is -0.0435. The van der Waals surface area contributed by atoms with Crippen molar-refractivity contribution in [3.05, 3.63) is 24.3 Å². The fraction of sp³-hybridized carbons (Fsp3) is 0.538. The molecule has 1 aliphatic rings. The summed E-state index contributed by atoms with van der Waals surface area (Å²) in [4.78, 5) is -0.719. The van der Waals surface area contributed by atoms with Crippen LogP contribution in [0.3, 0.4) is 0 Å². The van der Waals surface area contributed by atoms with Crippen LogP contribution in [0.15, 0.2) is 29.2 Å². The average Bonchev–Trinajstić information content (AvgIpc) is 2.38. The van der Waals surface area contributed by atoms with E-state index in [0.29, 0.717) is 0 Å². The predicted molar refractivity (Wildman–Crippen MR) is 73.8 cm³/mol. The number of piperidine rings is 1. The molecule has 8 heteroatoms. The number of nitrogens with one attached hydrogen (secondary N) is 2. The second-order valence-electron chi connectivity index (χ2n) is 5.17. The Morgan fingerprint density at radius 1 is 1.29 bits per heavy atom. The molecule has 2 unspecified atom stereocenters. The lowest BCUT2D eigenvalue weighted by atomic mass is 10.0. The van der Waals surface area contributed by atoms with E-state index in [-0.39, 0.29) is 17.8 Å². The number of halogens is 3. The zero-order valence-corrected chi connectivity index (χ0v) is 12.3. The molecule has 2 atom stereocenters. The number of benzene rings is 1. The van der Waals surface area contributed by atoms with Crippen LogP contribution in [0.25, 0.3) is 0 Å². The normalized spacial score (nSPS) is 23.8. The van der Waals surface area contributed by atoms with Gasteiger partial charge in [0.05, 0.1) is 10.6 Å². The molecule has 0 amide bonds. The summed E-state index contributed by atoms with van der Waals surface area (Å²) in [6.45, 7) is 2.72. The molecule has 2 rings (SSSR count). The van der Waals surface area contributed by atoms with Crippen molar-refractivity contribution in [2.24, 2.45) is 0 Å². The summed E-state index contributed by atoms with van der Waals surface area (Å²) < 4.78 is 61.3. The molecule has 0 spiro atoms. The number of para-hydroxylation sites is 1. The number of sulfone groups is 1.